The number of amides is 2. The van der Waals surface area contributed by atoms with E-state index in [-0.39, 0.29) is 18.0 Å². The molecular weight excluding hydrogens is 404 g/mol. The van der Waals surface area contributed by atoms with E-state index in [1.807, 2.05) is 29.2 Å². The van der Waals surface area contributed by atoms with Gasteiger partial charge in [0.05, 0.1) is 12.7 Å². The van der Waals surface area contributed by atoms with E-state index in [1.165, 1.54) is 5.56 Å². The highest BCUT2D eigenvalue weighted by molar-refractivity contribution is 5.94. The van der Waals surface area contributed by atoms with Crippen LogP contribution in [-0.4, -0.2) is 61.4 Å². The number of carbonyl (C=O) groups excluding carboxylic acids is 2. The minimum absolute atomic E-state index is 0.0475. The van der Waals surface area contributed by atoms with Crippen molar-refractivity contribution in [1.82, 2.24) is 15.1 Å². The molecule has 0 aliphatic carbocycles. The second-order valence-electron chi connectivity index (χ2n) is 7.49. The van der Waals surface area contributed by atoms with Gasteiger partial charge in [-0.25, -0.2) is 8.78 Å². The van der Waals surface area contributed by atoms with Crippen LogP contribution in [0.25, 0.3) is 0 Å². The first-order valence-corrected chi connectivity index (χ1v) is 10.3. The van der Waals surface area contributed by atoms with Crippen molar-refractivity contribution in [2.24, 2.45) is 0 Å². The first kappa shape index (κ1) is 22.7. The highest BCUT2D eigenvalue weighted by atomic mass is 19.1. The number of ether oxygens (including phenoxy) is 1. The van der Waals surface area contributed by atoms with Crippen molar-refractivity contribution in [2.75, 3.05) is 39.8 Å². The molecule has 166 valence electrons. The molecule has 1 heterocycles. The Kier molecular flexibility index (Phi) is 7.94. The van der Waals surface area contributed by atoms with Gasteiger partial charge in [-0.05, 0) is 36.2 Å². The smallest absolute Gasteiger partial charge is 0.254 e. The zero-order valence-electron chi connectivity index (χ0n) is 17.6. The lowest BCUT2D eigenvalue weighted by atomic mass is 10.1. The molecule has 6 nitrogen and oxygen atoms in total. The summed E-state index contributed by atoms with van der Waals surface area (Å²) < 4.78 is 31.7. The molecule has 2 aromatic carbocycles. The second kappa shape index (κ2) is 10.9. The molecule has 1 fully saturated rings. The quantitative estimate of drug-likeness (QED) is 0.653. The molecule has 1 saturated heterocycles. The number of rotatable bonds is 8. The third kappa shape index (κ3) is 6.49. The summed E-state index contributed by atoms with van der Waals surface area (Å²) in [5.41, 5.74) is 0.995. The van der Waals surface area contributed by atoms with Gasteiger partial charge in [0, 0.05) is 51.8 Å². The van der Waals surface area contributed by atoms with Crippen LogP contribution in [-0.2, 0) is 11.3 Å². The molecule has 1 N–H and O–H groups in total. The number of hydrogen-bond donors (Lipinski definition) is 1. The molecule has 2 aromatic rings. The van der Waals surface area contributed by atoms with Crippen molar-refractivity contribution in [1.29, 1.82) is 0 Å². The molecule has 2 amide bonds. The normalized spacial score (nSPS) is 14.4. The van der Waals surface area contributed by atoms with Crippen LogP contribution < -0.4 is 10.1 Å². The van der Waals surface area contributed by atoms with E-state index in [9.17, 15) is 18.4 Å². The van der Waals surface area contributed by atoms with Gasteiger partial charge in [-0.3, -0.25) is 14.5 Å². The Bertz CT molecular complexity index is 897. The van der Waals surface area contributed by atoms with Crippen molar-refractivity contribution in [3.05, 3.63) is 65.2 Å². The topological polar surface area (TPSA) is 61.9 Å². The van der Waals surface area contributed by atoms with Crippen LogP contribution in [0.2, 0.25) is 0 Å². The SMILES string of the molecule is COc1ccc(CN2CCN(C(=O)CCCNC(=O)c3ccc(F)cc3F)CC2)cc1. The predicted octanol–water partition coefficient (Wildman–Crippen LogP) is 2.83. The Labute approximate surface area is 180 Å². The maximum atomic E-state index is 13.6. The van der Waals surface area contributed by atoms with Crippen LogP contribution in [0.3, 0.4) is 0 Å². The minimum atomic E-state index is -0.902. The maximum absolute atomic E-state index is 13.6. The molecule has 0 saturated carbocycles. The van der Waals surface area contributed by atoms with Gasteiger partial charge < -0.3 is 15.0 Å². The molecule has 1 aliphatic rings. The number of carbonyl (C=O) groups is 2. The lowest BCUT2D eigenvalue weighted by molar-refractivity contribution is -0.133. The summed E-state index contributed by atoms with van der Waals surface area (Å²) in [5, 5.41) is 2.57. The van der Waals surface area contributed by atoms with Gasteiger partial charge in [0.2, 0.25) is 5.91 Å². The van der Waals surface area contributed by atoms with Crippen molar-refractivity contribution in [2.45, 2.75) is 19.4 Å². The van der Waals surface area contributed by atoms with Gasteiger partial charge in [-0.1, -0.05) is 12.1 Å². The number of methoxy groups -OCH3 is 1. The standard InChI is InChI=1S/C23H27F2N3O3/c1-31-19-7-4-17(5-8-19)16-27-11-13-28(14-12-27)22(29)3-2-10-26-23(30)20-9-6-18(24)15-21(20)25/h4-9,15H,2-3,10-14,16H2,1H3,(H,26,30). The van der Waals surface area contributed by atoms with Crippen LogP contribution in [0.4, 0.5) is 8.78 Å². The van der Waals surface area contributed by atoms with Gasteiger partial charge in [-0.2, -0.15) is 0 Å². The van der Waals surface area contributed by atoms with Crippen LogP contribution >= 0.6 is 0 Å². The Morgan fingerprint density at radius 2 is 1.74 bits per heavy atom. The Hall–Kier alpha value is -3.00. The first-order valence-electron chi connectivity index (χ1n) is 10.3. The molecule has 31 heavy (non-hydrogen) atoms. The van der Waals surface area contributed by atoms with Crippen LogP contribution in [0.1, 0.15) is 28.8 Å². The maximum Gasteiger partial charge on any atom is 0.254 e. The van der Waals surface area contributed by atoms with Crippen molar-refractivity contribution in [3.8, 4) is 5.75 Å². The average Bonchev–Trinajstić information content (AvgIpc) is 2.77. The molecule has 8 heteroatoms. The Balaban J connectivity index is 1.34. The van der Waals surface area contributed by atoms with Gasteiger partial charge in [0.25, 0.3) is 5.91 Å². The minimum Gasteiger partial charge on any atom is -0.497 e. The number of benzene rings is 2. The van der Waals surface area contributed by atoms with Gasteiger partial charge in [0.1, 0.15) is 17.4 Å². The summed E-state index contributed by atoms with van der Waals surface area (Å²) in [7, 11) is 1.64. The fourth-order valence-corrected chi connectivity index (χ4v) is 3.51. The lowest BCUT2D eigenvalue weighted by Crippen LogP contribution is -2.48. The van der Waals surface area contributed by atoms with E-state index >= 15 is 0 Å². The first-order chi connectivity index (χ1) is 15.0. The fraction of sp³-hybridized carbons (Fsp3) is 0.391. The molecule has 3 rings (SSSR count). The highest BCUT2D eigenvalue weighted by Gasteiger charge is 2.21. The van der Waals surface area contributed by atoms with E-state index in [1.54, 1.807) is 7.11 Å². The zero-order chi connectivity index (χ0) is 22.2. The molecule has 0 radical (unpaired) electrons. The van der Waals surface area contributed by atoms with Gasteiger partial charge in [-0.15, -0.1) is 0 Å². The van der Waals surface area contributed by atoms with Crippen molar-refractivity contribution in [3.63, 3.8) is 0 Å². The van der Waals surface area contributed by atoms with Gasteiger partial charge >= 0.3 is 0 Å². The van der Waals surface area contributed by atoms with E-state index in [2.05, 4.69) is 10.2 Å². The number of nitrogens with one attached hydrogen (secondary N) is 1. The summed E-state index contributed by atoms with van der Waals surface area (Å²) in [4.78, 5) is 28.5. The molecule has 0 unspecified atom stereocenters. The third-order valence-electron chi connectivity index (χ3n) is 5.32. The van der Waals surface area contributed by atoms with E-state index in [4.69, 9.17) is 4.74 Å². The Morgan fingerprint density at radius 3 is 2.39 bits per heavy atom. The molecule has 0 spiro atoms. The Morgan fingerprint density at radius 1 is 1.03 bits per heavy atom. The summed E-state index contributed by atoms with van der Waals surface area (Å²) in [5.74, 6) is -1.37. The predicted molar refractivity (Wildman–Crippen MR) is 113 cm³/mol. The number of halogens is 2. The van der Waals surface area contributed by atoms with Gasteiger partial charge in [0.15, 0.2) is 0 Å². The molecule has 0 atom stereocenters. The third-order valence-corrected chi connectivity index (χ3v) is 5.32. The largest absolute Gasteiger partial charge is 0.497 e. The number of nitrogens with zero attached hydrogens (tertiary/aromatic N) is 2. The average molecular weight is 431 g/mol. The molecule has 1 aliphatic heterocycles. The molecular formula is C23H27F2N3O3. The highest BCUT2D eigenvalue weighted by Crippen LogP contribution is 2.15. The van der Waals surface area contributed by atoms with Crippen LogP contribution in [0.15, 0.2) is 42.5 Å². The zero-order valence-corrected chi connectivity index (χ0v) is 17.6. The van der Waals surface area contributed by atoms with Crippen LogP contribution in [0.5, 0.6) is 5.75 Å². The molecule has 0 aromatic heterocycles. The lowest BCUT2D eigenvalue weighted by Gasteiger charge is -2.34. The fourth-order valence-electron chi connectivity index (χ4n) is 3.51. The van der Waals surface area contributed by atoms with Crippen molar-refractivity contribution < 1.29 is 23.1 Å². The van der Waals surface area contributed by atoms with Crippen molar-refractivity contribution >= 4 is 11.8 Å². The monoisotopic (exact) mass is 431 g/mol. The number of piperazine rings is 1. The number of hydrogen-bond acceptors (Lipinski definition) is 4. The second-order valence-corrected chi connectivity index (χ2v) is 7.49. The van der Waals surface area contributed by atoms with E-state index < -0.39 is 17.5 Å². The summed E-state index contributed by atoms with van der Waals surface area (Å²) in [6.45, 7) is 4.03. The summed E-state index contributed by atoms with van der Waals surface area (Å²) >= 11 is 0. The van der Waals surface area contributed by atoms with Crippen LogP contribution in [0, 0.1) is 11.6 Å². The van der Waals surface area contributed by atoms with E-state index in [0.29, 0.717) is 32.0 Å². The van der Waals surface area contributed by atoms with E-state index in [0.717, 1.165) is 37.5 Å². The molecule has 0 bridgehead atoms. The summed E-state index contributed by atoms with van der Waals surface area (Å²) in [6, 6.07) is 10.8. The summed E-state index contributed by atoms with van der Waals surface area (Å²) in [6.07, 6.45) is 0.768.